The number of benzene rings is 1. The molecule has 0 aliphatic heterocycles. The van der Waals surface area contributed by atoms with Gasteiger partial charge in [0.25, 0.3) is 5.91 Å². The molecule has 1 fully saturated rings. The first-order chi connectivity index (χ1) is 7.58. The highest BCUT2D eigenvalue weighted by Crippen LogP contribution is 2.23. The fourth-order valence-electron chi connectivity index (χ4n) is 1.64. The molecule has 1 N–H and O–H groups in total. The number of nitrogens with one attached hydrogen (secondary N) is 1. The minimum atomic E-state index is -0.345. The lowest BCUT2D eigenvalue weighted by atomic mass is 9.93. The van der Waals surface area contributed by atoms with Gasteiger partial charge in [0.15, 0.2) is 0 Å². The molecule has 4 heteroatoms. The van der Waals surface area contributed by atoms with E-state index in [1.807, 2.05) is 0 Å². The SMILES string of the molecule is Cc1cc(Br)c(C(=O)NC2CCC2)cc1F. The Morgan fingerprint density at radius 1 is 1.50 bits per heavy atom. The van der Waals surface area contributed by atoms with Gasteiger partial charge < -0.3 is 5.32 Å². The molecule has 0 bridgehead atoms. The van der Waals surface area contributed by atoms with E-state index in [0.717, 1.165) is 19.3 Å². The van der Waals surface area contributed by atoms with Crippen molar-refractivity contribution >= 4 is 21.8 Å². The Hall–Kier alpha value is -0.900. The van der Waals surface area contributed by atoms with Crippen LogP contribution in [0, 0.1) is 12.7 Å². The molecule has 2 rings (SSSR count). The highest BCUT2D eigenvalue weighted by atomic mass is 79.9. The minimum Gasteiger partial charge on any atom is -0.349 e. The van der Waals surface area contributed by atoms with Gasteiger partial charge in [0.2, 0.25) is 0 Å². The highest BCUT2D eigenvalue weighted by molar-refractivity contribution is 9.10. The Morgan fingerprint density at radius 3 is 2.75 bits per heavy atom. The van der Waals surface area contributed by atoms with E-state index in [4.69, 9.17) is 0 Å². The summed E-state index contributed by atoms with van der Waals surface area (Å²) >= 11 is 3.28. The van der Waals surface area contributed by atoms with Crippen molar-refractivity contribution in [2.75, 3.05) is 0 Å². The first kappa shape index (κ1) is 11.6. The van der Waals surface area contributed by atoms with Crippen LogP contribution in [-0.2, 0) is 0 Å². The predicted octanol–water partition coefficient (Wildman–Crippen LogP) is 3.18. The van der Waals surface area contributed by atoms with Crippen LogP contribution in [0.1, 0.15) is 35.2 Å². The number of carbonyl (C=O) groups excluding carboxylic acids is 1. The smallest absolute Gasteiger partial charge is 0.252 e. The molecule has 0 unspecified atom stereocenters. The van der Waals surface area contributed by atoms with Gasteiger partial charge in [-0.2, -0.15) is 0 Å². The minimum absolute atomic E-state index is 0.199. The Morgan fingerprint density at radius 2 is 2.19 bits per heavy atom. The van der Waals surface area contributed by atoms with E-state index in [0.29, 0.717) is 15.6 Å². The van der Waals surface area contributed by atoms with Crippen LogP contribution >= 0.6 is 15.9 Å². The third kappa shape index (κ3) is 2.26. The van der Waals surface area contributed by atoms with Crippen molar-refractivity contribution in [3.8, 4) is 0 Å². The number of aryl methyl sites for hydroxylation is 1. The van der Waals surface area contributed by atoms with E-state index in [2.05, 4.69) is 21.2 Å². The van der Waals surface area contributed by atoms with Crippen LogP contribution in [-0.4, -0.2) is 11.9 Å². The number of halogens is 2. The summed E-state index contributed by atoms with van der Waals surface area (Å²) in [5.74, 6) is -0.544. The molecule has 0 saturated heterocycles. The summed E-state index contributed by atoms with van der Waals surface area (Å²) in [5.41, 5.74) is 0.905. The third-order valence-corrected chi connectivity index (χ3v) is 3.59. The average molecular weight is 286 g/mol. The molecule has 0 atom stereocenters. The molecule has 1 aromatic rings. The Labute approximate surface area is 102 Å². The van der Waals surface area contributed by atoms with Crippen LogP contribution in [0.2, 0.25) is 0 Å². The number of hydrogen-bond acceptors (Lipinski definition) is 1. The fraction of sp³-hybridized carbons (Fsp3) is 0.417. The lowest BCUT2D eigenvalue weighted by molar-refractivity contribution is 0.0915. The number of amides is 1. The van der Waals surface area contributed by atoms with Crippen LogP contribution in [0.3, 0.4) is 0 Å². The Kier molecular flexibility index (Phi) is 3.28. The maximum absolute atomic E-state index is 13.4. The molecule has 0 radical (unpaired) electrons. The van der Waals surface area contributed by atoms with E-state index in [-0.39, 0.29) is 17.8 Å². The molecular weight excluding hydrogens is 273 g/mol. The molecule has 1 aliphatic carbocycles. The zero-order valence-corrected chi connectivity index (χ0v) is 10.6. The van der Waals surface area contributed by atoms with Crippen LogP contribution in [0.15, 0.2) is 16.6 Å². The normalized spacial score (nSPS) is 15.7. The summed E-state index contributed by atoms with van der Waals surface area (Å²) in [6.45, 7) is 1.67. The standard InChI is InChI=1S/C12H13BrFNO/c1-7-5-10(13)9(6-11(7)14)12(16)15-8-3-2-4-8/h5-6,8H,2-4H2,1H3,(H,15,16). The summed E-state index contributed by atoms with van der Waals surface area (Å²) in [5, 5.41) is 2.88. The summed E-state index contributed by atoms with van der Waals surface area (Å²) in [7, 11) is 0. The van der Waals surface area contributed by atoms with Crippen LogP contribution < -0.4 is 5.32 Å². The lowest BCUT2D eigenvalue weighted by Gasteiger charge is -2.26. The van der Waals surface area contributed by atoms with Crippen molar-refractivity contribution in [1.82, 2.24) is 5.32 Å². The second kappa shape index (κ2) is 4.53. The van der Waals surface area contributed by atoms with E-state index in [1.54, 1.807) is 13.0 Å². The fourth-order valence-corrected chi connectivity index (χ4v) is 2.27. The molecular formula is C12H13BrFNO. The predicted molar refractivity (Wildman–Crippen MR) is 63.9 cm³/mol. The molecule has 0 spiro atoms. The molecule has 0 heterocycles. The Bertz CT molecular complexity index is 429. The van der Waals surface area contributed by atoms with Gasteiger partial charge in [-0.15, -0.1) is 0 Å². The van der Waals surface area contributed by atoms with Crippen molar-refractivity contribution in [2.24, 2.45) is 0 Å². The maximum Gasteiger partial charge on any atom is 0.252 e. The van der Waals surface area contributed by atoms with Gasteiger partial charge >= 0.3 is 0 Å². The van der Waals surface area contributed by atoms with Crippen molar-refractivity contribution in [3.05, 3.63) is 33.5 Å². The Balaban J connectivity index is 2.18. The molecule has 16 heavy (non-hydrogen) atoms. The van der Waals surface area contributed by atoms with Gasteiger partial charge in [0.05, 0.1) is 5.56 Å². The van der Waals surface area contributed by atoms with E-state index in [1.165, 1.54) is 6.07 Å². The second-order valence-electron chi connectivity index (χ2n) is 4.18. The molecule has 1 aliphatic rings. The van der Waals surface area contributed by atoms with Gasteiger partial charge in [0.1, 0.15) is 5.82 Å². The lowest BCUT2D eigenvalue weighted by Crippen LogP contribution is -2.39. The summed E-state index contributed by atoms with van der Waals surface area (Å²) in [6.07, 6.45) is 3.21. The van der Waals surface area contributed by atoms with Crippen LogP contribution in [0.5, 0.6) is 0 Å². The number of rotatable bonds is 2. The zero-order chi connectivity index (χ0) is 11.7. The highest BCUT2D eigenvalue weighted by Gasteiger charge is 2.21. The third-order valence-electron chi connectivity index (χ3n) is 2.93. The molecule has 86 valence electrons. The van der Waals surface area contributed by atoms with E-state index < -0.39 is 0 Å². The first-order valence-corrected chi connectivity index (χ1v) is 6.13. The molecule has 1 amide bonds. The van der Waals surface area contributed by atoms with Gasteiger partial charge in [-0.1, -0.05) is 0 Å². The molecule has 1 aromatic carbocycles. The first-order valence-electron chi connectivity index (χ1n) is 5.34. The van der Waals surface area contributed by atoms with Gasteiger partial charge in [-0.25, -0.2) is 4.39 Å². The topological polar surface area (TPSA) is 29.1 Å². The van der Waals surface area contributed by atoms with Crippen molar-refractivity contribution < 1.29 is 9.18 Å². The monoisotopic (exact) mass is 285 g/mol. The maximum atomic E-state index is 13.4. The van der Waals surface area contributed by atoms with Crippen LogP contribution in [0.4, 0.5) is 4.39 Å². The summed E-state index contributed by atoms with van der Waals surface area (Å²) < 4.78 is 14.0. The summed E-state index contributed by atoms with van der Waals surface area (Å²) in [6, 6.07) is 3.18. The molecule has 2 nitrogen and oxygen atoms in total. The number of carbonyl (C=O) groups is 1. The molecule has 1 saturated carbocycles. The van der Waals surface area contributed by atoms with Gasteiger partial charge in [-0.05, 0) is 59.8 Å². The van der Waals surface area contributed by atoms with Gasteiger partial charge in [-0.3, -0.25) is 4.79 Å². The zero-order valence-electron chi connectivity index (χ0n) is 9.02. The molecule has 0 aromatic heterocycles. The number of hydrogen-bond donors (Lipinski definition) is 1. The van der Waals surface area contributed by atoms with E-state index in [9.17, 15) is 9.18 Å². The average Bonchev–Trinajstić information content (AvgIpc) is 2.17. The van der Waals surface area contributed by atoms with Crippen molar-refractivity contribution in [3.63, 3.8) is 0 Å². The van der Waals surface area contributed by atoms with Gasteiger partial charge in [0, 0.05) is 10.5 Å². The summed E-state index contributed by atoms with van der Waals surface area (Å²) in [4.78, 5) is 11.8. The second-order valence-corrected chi connectivity index (χ2v) is 5.04. The quantitative estimate of drug-likeness (QED) is 0.889. The van der Waals surface area contributed by atoms with Crippen molar-refractivity contribution in [1.29, 1.82) is 0 Å². The largest absolute Gasteiger partial charge is 0.349 e. The van der Waals surface area contributed by atoms with E-state index >= 15 is 0 Å². The van der Waals surface area contributed by atoms with Crippen LogP contribution in [0.25, 0.3) is 0 Å². The van der Waals surface area contributed by atoms with Crippen molar-refractivity contribution in [2.45, 2.75) is 32.2 Å².